The smallest absolute Gasteiger partial charge is 0.418 e. The van der Waals surface area contributed by atoms with Crippen molar-refractivity contribution in [2.24, 2.45) is 17.9 Å². The van der Waals surface area contributed by atoms with Crippen LogP contribution >= 0.6 is 11.3 Å². The summed E-state index contributed by atoms with van der Waals surface area (Å²) < 4.78 is 50.1. The molecule has 2 atom stereocenters. The first kappa shape index (κ1) is 35.2. The van der Waals surface area contributed by atoms with Crippen molar-refractivity contribution >= 4 is 50.4 Å². The number of anilines is 1. The number of esters is 1. The first-order chi connectivity index (χ1) is 22.1. The average Bonchev–Trinajstić information content (AvgIpc) is 3.63. The molecule has 0 saturated carbocycles. The van der Waals surface area contributed by atoms with Crippen LogP contribution in [0.15, 0.2) is 47.2 Å². The summed E-state index contributed by atoms with van der Waals surface area (Å²) in [5, 5.41) is 8.14. The number of carbonyl (C=O) groups is 3. The van der Waals surface area contributed by atoms with Gasteiger partial charge in [0.2, 0.25) is 6.20 Å². The van der Waals surface area contributed by atoms with Crippen molar-refractivity contribution in [3.63, 3.8) is 0 Å². The number of nitrogens with zero attached hydrogens (tertiary/aromatic N) is 5. The Kier molecular flexibility index (Phi) is 10.8. The Morgan fingerprint density at radius 2 is 1.96 bits per heavy atom. The van der Waals surface area contributed by atoms with Crippen LogP contribution in [0.4, 0.5) is 5.13 Å². The van der Waals surface area contributed by atoms with Gasteiger partial charge in [-0.05, 0) is 44.5 Å². The molecule has 0 bridgehead atoms. The van der Waals surface area contributed by atoms with Crippen molar-refractivity contribution in [3.05, 3.63) is 47.7 Å². The van der Waals surface area contributed by atoms with Gasteiger partial charge in [0.1, 0.15) is 24.1 Å². The standard InChI is InChI=1S/C27H34N8O10S2/c1-27(2)22(24(37)35(27)45-47(39,40)41)31-23(36)21(19-15-46-26(29)30-19)32-44-20(25(38)42-4)14-43-18-8-6-16(7-9-18)17-12-33(3)34(13-17)11-5-10-28/h6-9,12-13,15,20,22H,5,10-11,14,28H2,1-4H3,(H3-,29,30,31,36,39,40,41)/p+1/b32-21-/t20-,22+/m0/s1. The minimum absolute atomic E-state index is 0.0361. The van der Waals surface area contributed by atoms with E-state index in [1.165, 1.54) is 19.2 Å². The van der Waals surface area contributed by atoms with Crippen molar-refractivity contribution in [2.45, 2.75) is 44.5 Å². The number of aromatic nitrogens is 3. The maximum Gasteiger partial charge on any atom is 0.418 e. The van der Waals surface area contributed by atoms with E-state index in [1.54, 1.807) is 12.1 Å². The first-order valence-corrected chi connectivity index (χ1v) is 16.2. The van der Waals surface area contributed by atoms with Crippen LogP contribution in [-0.2, 0) is 52.2 Å². The van der Waals surface area contributed by atoms with E-state index in [0.29, 0.717) is 17.4 Å². The molecule has 2 aromatic heterocycles. The van der Waals surface area contributed by atoms with Crippen LogP contribution in [0.2, 0.25) is 0 Å². The highest BCUT2D eigenvalue weighted by Gasteiger charge is 2.58. The second-order valence-corrected chi connectivity index (χ2v) is 12.6. The quantitative estimate of drug-likeness (QED) is 0.0394. The molecule has 1 fully saturated rings. The number of oxime groups is 1. The molecule has 0 unspecified atom stereocenters. The number of rotatable bonds is 15. The van der Waals surface area contributed by atoms with Gasteiger partial charge in [0.15, 0.2) is 17.9 Å². The van der Waals surface area contributed by atoms with Gasteiger partial charge in [-0.2, -0.15) is 18.2 Å². The number of β-lactam (4-membered cyclic amide) rings is 1. The topological polar surface area (TPSA) is 244 Å². The van der Waals surface area contributed by atoms with Crippen LogP contribution in [0, 0.1) is 0 Å². The fourth-order valence-electron chi connectivity index (χ4n) is 4.51. The van der Waals surface area contributed by atoms with E-state index < -0.39 is 51.6 Å². The summed E-state index contributed by atoms with van der Waals surface area (Å²) in [5.74, 6) is -2.39. The van der Waals surface area contributed by atoms with Gasteiger partial charge < -0.3 is 31.1 Å². The third-order valence-corrected chi connectivity index (χ3v) is 8.05. The number of benzene rings is 1. The number of nitrogens with two attached hydrogens (primary N) is 2. The van der Waals surface area contributed by atoms with E-state index in [9.17, 15) is 22.8 Å². The second-order valence-electron chi connectivity index (χ2n) is 10.8. The van der Waals surface area contributed by atoms with Gasteiger partial charge in [-0.15, -0.1) is 20.3 Å². The fourth-order valence-corrected chi connectivity index (χ4v) is 5.51. The Balaban J connectivity index is 1.47. The van der Waals surface area contributed by atoms with Gasteiger partial charge in [0.05, 0.1) is 31.0 Å². The highest BCUT2D eigenvalue weighted by Crippen LogP contribution is 2.33. The maximum absolute atomic E-state index is 13.3. The predicted molar refractivity (Wildman–Crippen MR) is 166 cm³/mol. The molecular formula is C27H35N8O10S2+. The number of methoxy groups -OCH3 is 1. The van der Waals surface area contributed by atoms with E-state index in [4.69, 9.17) is 30.3 Å². The van der Waals surface area contributed by atoms with Crippen LogP contribution in [0.3, 0.4) is 0 Å². The number of hydrogen-bond acceptors (Lipinski definition) is 14. The van der Waals surface area contributed by atoms with Crippen molar-refractivity contribution in [2.75, 3.05) is 26.0 Å². The monoisotopic (exact) mass is 695 g/mol. The number of hydrogen-bond donors (Lipinski definition) is 4. The lowest BCUT2D eigenvalue weighted by Gasteiger charge is -2.50. The summed E-state index contributed by atoms with van der Waals surface area (Å²) >= 11 is 0.990. The molecule has 3 heterocycles. The largest absolute Gasteiger partial charge is 0.489 e. The first-order valence-electron chi connectivity index (χ1n) is 14.0. The summed E-state index contributed by atoms with van der Waals surface area (Å²) in [6.45, 7) is 3.78. The van der Waals surface area contributed by atoms with Crippen molar-refractivity contribution < 1.29 is 50.6 Å². The molecule has 254 valence electrons. The molecule has 1 aromatic carbocycles. The van der Waals surface area contributed by atoms with Crippen molar-refractivity contribution in [1.82, 2.24) is 20.0 Å². The second kappa shape index (κ2) is 14.4. The number of ether oxygens (including phenoxy) is 2. The van der Waals surface area contributed by atoms with Crippen LogP contribution < -0.4 is 26.2 Å². The number of thiazole rings is 1. The Hall–Kier alpha value is -4.63. The van der Waals surface area contributed by atoms with Gasteiger partial charge >= 0.3 is 16.4 Å². The highest BCUT2D eigenvalue weighted by atomic mass is 32.3. The van der Waals surface area contributed by atoms with E-state index >= 15 is 0 Å². The van der Waals surface area contributed by atoms with E-state index in [-0.39, 0.29) is 17.4 Å². The zero-order chi connectivity index (χ0) is 34.5. The third kappa shape index (κ3) is 8.40. The van der Waals surface area contributed by atoms with Crippen LogP contribution in [0.1, 0.15) is 26.0 Å². The van der Waals surface area contributed by atoms with Gasteiger partial charge in [-0.1, -0.05) is 17.3 Å². The summed E-state index contributed by atoms with van der Waals surface area (Å²) in [4.78, 5) is 47.8. The lowest BCUT2D eigenvalue weighted by Crippen LogP contribution is -2.76. The minimum Gasteiger partial charge on any atom is -0.489 e. The van der Waals surface area contributed by atoms with Crippen LogP contribution in [-0.4, -0.2) is 89.1 Å². The van der Waals surface area contributed by atoms with Gasteiger partial charge in [-0.3, -0.25) is 14.1 Å². The molecule has 0 aliphatic carbocycles. The average molecular weight is 696 g/mol. The third-order valence-electron chi connectivity index (χ3n) is 7.04. The molecule has 47 heavy (non-hydrogen) atoms. The summed E-state index contributed by atoms with van der Waals surface area (Å²) in [6.07, 6.45) is 3.41. The van der Waals surface area contributed by atoms with E-state index in [0.717, 1.165) is 42.5 Å². The van der Waals surface area contributed by atoms with E-state index in [1.807, 2.05) is 36.3 Å². The zero-order valence-corrected chi connectivity index (χ0v) is 27.5. The Bertz CT molecular complexity index is 1750. The zero-order valence-electron chi connectivity index (χ0n) is 25.9. The Morgan fingerprint density at radius 3 is 2.53 bits per heavy atom. The molecule has 0 spiro atoms. The van der Waals surface area contributed by atoms with E-state index in [2.05, 4.69) is 24.4 Å². The molecule has 6 N–H and O–H groups in total. The van der Waals surface area contributed by atoms with Crippen LogP contribution in [0.25, 0.3) is 11.1 Å². The number of carbonyl (C=O) groups excluding carboxylic acids is 3. The molecule has 4 rings (SSSR count). The summed E-state index contributed by atoms with van der Waals surface area (Å²) in [5.41, 5.74) is 11.4. The molecule has 3 aromatic rings. The fraction of sp³-hybridized carbons (Fsp3) is 0.407. The molecule has 20 heteroatoms. The van der Waals surface area contributed by atoms with Gasteiger partial charge in [0.25, 0.3) is 17.9 Å². The molecule has 1 aliphatic heterocycles. The number of nitrogens with one attached hydrogen (secondary N) is 1. The summed E-state index contributed by atoms with van der Waals surface area (Å²) in [6, 6.07) is 5.84. The van der Waals surface area contributed by atoms with Gasteiger partial charge in [0, 0.05) is 5.38 Å². The van der Waals surface area contributed by atoms with Crippen LogP contribution in [0.5, 0.6) is 5.75 Å². The Morgan fingerprint density at radius 1 is 1.26 bits per heavy atom. The van der Waals surface area contributed by atoms with Crippen molar-refractivity contribution in [3.8, 4) is 16.9 Å². The number of aryl methyl sites for hydroxylation is 2. The lowest BCUT2D eigenvalue weighted by molar-refractivity contribution is -0.753. The maximum atomic E-state index is 13.3. The van der Waals surface area contributed by atoms with Crippen molar-refractivity contribution in [1.29, 1.82) is 0 Å². The molecule has 18 nitrogen and oxygen atoms in total. The lowest BCUT2D eigenvalue weighted by atomic mass is 9.84. The molecule has 1 saturated heterocycles. The number of amides is 2. The normalized spacial score (nSPS) is 16.7. The van der Waals surface area contributed by atoms with Gasteiger partial charge in [-0.25, -0.2) is 9.78 Å². The number of hydroxylamine groups is 2. The SMILES string of the molecule is COC(=O)[C@H](COc1ccc(-c2cn(CCCN)[n+](C)c2)cc1)O/N=C(\C(=O)N[C@@H]1C(=O)N(OS(=O)(=O)O)C1(C)C)c1csc(N)n1. The number of nitrogen functional groups attached to an aromatic ring is 1. The molecule has 0 radical (unpaired) electrons. The predicted octanol–water partition coefficient (Wildman–Crippen LogP) is -0.452. The Labute approximate surface area is 273 Å². The molecular weight excluding hydrogens is 660 g/mol. The highest BCUT2D eigenvalue weighted by molar-refractivity contribution is 7.80. The molecule has 2 amide bonds. The minimum atomic E-state index is -5.00. The molecule has 1 aliphatic rings. The summed E-state index contributed by atoms with van der Waals surface area (Å²) in [7, 11) is -1.93.